The first-order valence-corrected chi connectivity index (χ1v) is 7.28. The van der Waals surface area contributed by atoms with Crippen molar-refractivity contribution >= 4 is 28.6 Å². The van der Waals surface area contributed by atoms with Crippen LogP contribution in [0.5, 0.6) is 0 Å². The van der Waals surface area contributed by atoms with E-state index in [0.717, 1.165) is 5.75 Å². The summed E-state index contributed by atoms with van der Waals surface area (Å²) in [6.07, 6.45) is 0. The fourth-order valence-electron chi connectivity index (χ4n) is 2.39. The predicted molar refractivity (Wildman–Crippen MR) is 74.8 cm³/mol. The highest BCUT2D eigenvalue weighted by Gasteiger charge is 2.26. The minimum absolute atomic E-state index is 0.0208. The second kappa shape index (κ2) is 4.94. The van der Waals surface area contributed by atoms with Crippen LogP contribution in [-0.2, 0) is 11.3 Å². The van der Waals surface area contributed by atoms with Gasteiger partial charge in [0.15, 0.2) is 0 Å². The summed E-state index contributed by atoms with van der Waals surface area (Å²) in [5.41, 5.74) is 0.218. The van der Waals surface area contributed by atoms with Gasteiger partial charge in [-0.1, -0.05) is 0 Å². The fraction of sp³-hybridized carbons (Fsp3) is 0.286. The van der Waals surface area contributed by atoms with Crippen molar-refractivity contribution < 1.29 is 13.9 Å². The number of pyridine rings is 1. The molecule has 0 spiro atoms. The Morgan fingerprint density at radius 2 is 2.30 bits per heavy atom. The first kappa shape index (κ1) is 13.2. The molecule has 6 heteroatoms. The van der Waals surface area contributed by atoms with E-state index in [2.05, 4.69) is 0 Å². The summed E-state index contributed by atoms with van der Waals surface area (Å²) in [6, 6.07) is 4.08. The third kappa shape index (κ3) is 1.91. The Balaban J connectivity index is 2.38. The number of hydrogen-bond acceptors (Lipinski definition) is 4. The van der Waals surface area contributed by atoms with Gasteiger partial charge in [0.1, 0.15) is 11.4 Å². The van der Waals surface area contributed by atoms with Gasteiger partial charge in [0, 0.05) is 17.7 Å². The lowest BCUT2D eigenvalue weighted by Gasteiger charge is -2.12. The Bertz CT molecular complexity index is 769. The zero-order valence-corrected chi connectivity index (χ0v) is 11.6. The molecule has 1 aliphatic rings. The Kier molecular flexibility index (Phi) is 3.25. The maximum atomic E-state index is 13.4. The van der Waals surface area contributed by atoms with Crippen molar-refractivity contribution in [1.82, 2.24) is 4.57 Å². The van der Waals surface area contributed by atoms with Crippen LogP contribution in [0.3, 0.4) is 0 Å². The van der Waals surface area contributed by atoms with Crippen LogP contribution in [0.2, 0.25) is 0 Å². The molecule has 0 N–H and O–H groups in total. The normalized spacial score (nSPS) is 13.5. The van der Waals surface area contributed by atoms with E-state index in [9.17, 15) is 14.0 Å². The van der Waals surface area contributed by atoms with Crippen LogP contribution in [0.25, 0.3) is 10.9 Å². The van der Waals surface area contributed by atoms with Crippen LogP contribution in [-0.4, -0.2) is 22.9 Å². The van der Waals surface area contributed by atoms with Gasteiger partial charge in [-0.05, 0) is 25.1 Å². The largest absolute Gasteiger partial charge is 0.462 e. The number of hydrogen-bond donors (Lipinski definition) is 0. The molecule has 0 unspecified atom stereocenters. The van der Waals surface area contributed by atoms with E-state index < -0.39 is 17.2 Å². The maximum Gasteiger partial charge on any atom is 0.344 e. The average Bonchev–Trinajstić information content (AvgIpc) is 2.88. The molecule has 0 aliphatic carbocycles. The van der Waals surface area contributed by atoms with Crippen molar-refractivity contribution in [3.8, 4) is 0 Å². The average molecular weight is 293 g/mol. The van der Waals surface area contributed by atoms with Crippen LogP contribution in [0.4, 0.5) is 4.39 Å². The topological polar surface area (TPSA) is 48.3 Å². The molecule has 104 valence electrons. The minimum Gasteiger partial charge on any atom is -0.462 e. The summed E-state index contributed by atoms with van der Waals surface area (Å²) in [5.74, 6) is -0.347. The summed E-state index contributed by atoms with van der Waals surface area (Å²) >= 11 is 1.45. The molecule has 3 rings (SSSR count). The van der Waals surface area contributed by atoms with Gasteiger partial charge in [-0.15, -0.1) is 11.8 Å². The van der Waals surface area contributed by atoms with Gasteiger partial charge >= 0.3 is 5.97 Å². The molecule has 1 aliphatic heterocycles. The third-order valence-corrected chi connectivity index (χ3v) is 4.30. The molecule has 0 saturated heterocycles. The SMILES string of the molecule is CCOC(=O)c1c2n(c3ccc(F)cc3c1=O)CCS2. The molecule has 1 aromatic heterocycles. The van der Waals surface area contributed by atoms with E-state index in [0.29, 0.717) is 17.1 Å². The van der Waals surface area contributed by atoms with Crippen molar-refractivity contribution in [3.05, 3.63) is 39.8 Å². The second-order valence-corrected chi connectivity index (χ2v) is 5.47. The number of ether oxygens (including phenoxy) is 1. The molecule has 0 radical (unpaired) electrons. The van der Waals surface area contributed by atoms with Gasteiger partial charge in [0.05, 0.1) is 17.1 Å². The summed E-state index contributed by atoms with van der Waals surface area (Å²) in [6.45, 7) is 2.57. The molecule has 0 atom stereocenters. The smallest absolute Gasteiger partial charge is 0.344 e. The van der Waals surface area contributed by atoms with Crippen molar-refractivity contribution in [2.45, 2.75) is 18.5 Å². The van der Waals surface area contributed by atoms with Crippen LogP contribution in [0.1, 0.15) is 17.3 Å². The van der Waals surface area contributed by atoms with Crippen LogP contribution >= 0.6 is 11.8 Å². The molecule has 20 heavy (non-hydrogen) atoms. The van der Waals surface area contributed by atoms with E-state index in [-0.39, 0.29) is 17.6 Å². The van der Waals surface area contributed by atoms with Crippen molar-refractivity contribution in [3.63, 3.8) is 0 Å². The maximum absolute atomic E-state index is 13.4. The lowest BCUT2D eigenvalue weighted by Crippen LogP contribution is -2.22. The van der Waals surface area contributed by atoms with Gasteiger partial charge in [0.2, 0.25) is 5.43 Å². The predicted octanol–water partition coefficient (Wildman–Crippen LogP) is 2.42. The number of benzene rings is 1. The molecular weight excluding hydrogens is 281 g/mol. The number of aryl methyl sites for hydroxylation is 1. The zero-order valence-electron chi connectivity index (χ0n) is 10.8. The van der Waals surface area contributed by atoms with Crippen molar-refractivity contribution in [2.24, 2.45) is 0 Å². The number of carbonyl (C=O) groups is 1. The van der Waals surface area contributed by atoms with Gasteiger partial charge in [-0.25, -0.2) is 9.18 Å². The van der Waals surface area contributed by atoms with E-state index >= 15 is 0 Å². The standard InChI is InChI=1S/C14H12FNO3S/c1-2-19-14(18)11-12(17)9-7-8(15)3-4-10(9)16-5-6-20-13(11)16/h3-4,7H,2,5-6H2,1H3. The number of carbonyl (C=O) groups excluding carboxylic acids is 1. The van der Waals surface area contributed by atoms with E-state index in [1.54, 1.807) is 13.0 Å². The quantitative estimate of drug-likeness (QED) is 0.798. The Hall–Kier alpha value is -1.82. The number of halogens is 1. The number of fused-ring (bicyclic) bond motifs is 3. The Labute approximate surface area is 118 Å². The molecule has 0 saturated carbocycles. The fourth-order valence-corrected chi connectivity index (χ4v) is 3.52. The molecule has 2 aromatic rings. The number of aromatic nitrogens is 1. The molecule has 0 bridgehead atoms. The summed E-state index contributed by atoms with van der Waals surface area (Å²) < 4.78 is 20.2. The number of rotatable bonds is 2. The zero-order chi connectivity index (χ0) is 14.3. The molecule has 4 nitrogen and oxygen atoms in total. The van der Waals surface area contributed by atoms with Gasteiger partial charge in [0.25, 0.3) is 0 Å². The van der Waals surface area contributed by atoms with Crippen LogP contribution in [0, 0.1) is 5.82 Å². The number of esters is 1. The van der Waals surface area contributed by atoms with Crippen molar-refractivity contribution in [1.29, 1.82) is 0 Å². The van der Waals surface area contributed by atoms with Gasteiger partial charge < -0.3 is 9.30 Å². The van der Waals surface area contributed by atoms with E-state index in [4.69, 9.17) is 4.74 Å². The molecule has 0 fully saturated rings. The highest BCUT2D eigenvalue weighted by Crippen LogP contribution is 2.31. The monoisotopic (exact) mass is 293 g/mol. The second-order valence-electron chi connectivity index (χ2n) is 4.39. The Morgan fingerprint density at radius 1 is 1.50 bits per heavy atom. The molecule has 0 amide bonds. The number of nitrogens with zero attached hydrogens (tertiary/aromatic N) is 1. The van der Waals surface area contributed by atoms with Gasteiger partial charge in [-0.2, -0.15) is 0 Å². The van der Waals surface area contributed by atoms with E-state index in [1.165, 1.54) is 23.9 Å². The molecule has 2 heterocycles. The summed E-state index contributed by atoms with van der Waals surface area (Å²) in [5, 5.41) is 0.840. The first-order valence-electron chi connectivity index (χ1n) is 6.29. The van der Waals surface area contributed by atoms with E-state index in [1.807, 2.05) is 4.57 Å². The minimum atomic E-state index is -0.637. The lowest BCUT2D eigenvalue weighted by atomic mass is 10.1. The third-order valence-electron chi connectivity index (χ3n) is 3.21. The lowest BCUT2D eigenvalue weighted by molar-refractivity contribution is 0.0519. The summed E-state index contributed by atoms with van der Waals surface area (Å²) in [7, 11) is 0. The van der Waals surface area contributed by atoms with Gasteiger partial charge in [-0.3, -0.25) is 4.79 Å². The van der Waals surface area contributed by atoms with Crippen molar-refractivity contribution in [2.75, 3.05) is 12.4 Å². The first-order chi connectivity index (χ1) is 9.63. The molecular formula is C14H12FNO3S. The highest BCUT2D eigenvalue weighted by atomic mass is 32.2. The van der Waals surface area contributed by atoms with Crippen LogP contribution < -0.4 is 5.43 Å². The number of thioether (sulfide) groups is 1. The Morgan fingerprint density at radius 3 is 3.05 bits per heavy atom. The summed E-state index contributed by atoms with van der Waals surface area (Å²) in [4.78, 5) is 24.5. The molecule has 1 aromatic carbocycles. The van der Waals surface area contributed by atoms with Crippen LogP contribution in [0.15, 0.2) is 28.0 Å². The highest BCUT2D eigenvalue weighted by molar-refractivity contribution is 7.99.